The van der Waals surface area contributed by atoms with Crippen LogP contribution in [0.15, 0.2) is 76.1 Å². The van der Waals surface area contributed by atoms with Gasteiger partial charge in [-0.15, -0.1) is 51.3 Å². The van der Waals surface area contributed by atoms with Crippen LogP contribution in [-0.4, -0.2) is 15.7 Å². The Morgan fingerprint density at radius 3 is 2.64 bits per heavy atom. The summed E-state index contributed by atoms with van der Waals surface area (Å²) in [5, 5.41) is 23.2. The van der Waals surface area contributed by atoms with E-state index in [4.69, 9.17) is 0 Å². The minimum absolute atomic E-state index is 0. The first kappa shape index (κ1) is 21.7. The van der Waals surface area contributed by atoms with Crippen LogP contribution >= 0.6 is 39.7 Å². The fourth-order valence-corrected chi connectivity index (χ4v) is 3.85. The number of hydrogen-bond donors (Lipinski definition) is 0. The lowest BCUT2D eigenvalue weighted by atomic mass is 10.1. The number of nitrogens with zero attached hydrogens (tertiary/aromatic N) is 4. The van der Waals surface area contributed by atoms with Crippen molar-refractivity contribution in [2.75, 3.05) is 0 Å². The van der Waals surface area contributed by atoms with Crippen LogP contribution < -0.4 is 4.80 Å². The van der Waals surface area contributed by atoms with Crippen molar-refractivity contribution in [1.29, 1.82) is 0 Å². The van der Waals surface area contributed by atoms with Crippen LogP contribution in [0.5, 0.6) is 0 Å². The Labute approximate surface area is 180 Å². The standard InChI is InChI=1S/C19H16N4O2S2.BrH/c1-2-12-22-18(15-7-9-16(10-8-15)23(24)25)14-27-19(22)21-20-11-3-5-17-6-4-13-26-17;/h2-11,13-14H,1,12H2;1H/b5-3+,20-11+,21-19-;. The number of allylic oxidation sites excluding steroid dienone is 2. The average Bonchev–Trinajstić information content (AvgIpc) is 3.32. The summed E-state index contributed by atoms with van der Waals surface area (Å²) in [6.07, 6.45) is 7.24. The van der Waals surface area contributed by atoms with Crippen LogP contribution in [0.4, 0.5) is 5.69 Å². The van der Waals surface area contributed by atoms with Crippen molar-refractivity contribution >= 4 is 57.6 Å². The molecule has 0 aliphatic rings. The first-order chi connectivity index (χ1) is 13.2. The quantitative estimate of drug-likeness (QED) is 0.194. The molecule has 0 spiro atoms. The van der Waals surface area contributed by atoms with E-state index in [-0.39, 0.29) is 22.7 Å². The number of hydrogen-bond acceptors (Lipinski definition) is 6. The fourth-order valence-electron chi connectivity index (χ4n) is 2.34. The highest BCUT2D eigenvalue weighted by Gasteiger charge is 2.09. The summed E-state index contributed by atoms with van der Waals surface area (Å²) in [4.78, 5) is 12.3. The molecule has 2 aromatic heterocycles. The molecule has 0 radical (unpaired) electrons. The van der Waals surface area contributed by atoms with Crippen molar-refractivity contribution in [2.24, 2.45) is 10.2 Å². The number of rotatable bonds is 7. The first-order valence-electron chi connectivity index (χ1n) is 8.00. The van der Waals surface area contributed by atoms with E-state index in [1.54, 1.807) is 35.8 Å². The molecular weight excluding hydrogens is 460 g/mol. The maximum atomic E-state index is 10.8. The van der Waals surface area contributed by atoms with Gasteiger partial charge in [0.2, 0.25) is 4.80 Å². The van der Waals surface area contributed by atoms with Gasteiger partial charge in [-0.1, -0.05) is 12.1 Å². The maximum Gasteiger partial charge on any atom is 0.269 e. The Balaban J connectivity index is 0.00000280. The molecule has 0 aliphatic carbocycles. The van der Waals surface area contributed by atoms with Gasteiger partial charge in [-0.25, -0.2) is 0 Å². The number of benzene rings is 1. The number of thiazole rings is 1. The predicted molar refractivity (Wildman–Crippen MR) is 122 cm³/mol. The van der Waals surface area contributed by atoms with Crippen molar-refractivity contribution in [1.82, 2.24) is 4.57 Å². The number of halogens is 1. The van der Waals surface area contributed by atoms with E-state index in [0.29, 0.717) is 6.54 Å². The normalized spacial score (nSPS) is 11.8. The molecule has 0 amide bonds. The highest BCUT2D eigenvalue weighted by molar-refractivity contribution is 8.93. The Morgan fingerprint density at radius 1 is 1.21 bits per heavy atom. The third-order valence-corrected chi connectivity index (χ3v) is 5.27. The van der Waals surface area contributed by atoms with Gasteiger partial charge in [0.15, 0.2) is 0 Å². The molecule has 0 bridgehead atoms. The van der Waals surface area contributed by atoms with Gasteiger partial charge < -0.3 is 4.57 Å². The number of nitro benzene ring substituents is 1. The van der Waals surface area contributed by atoms with E-state index < -0.39 is 4.92 Å². The van der Waals surface area contributed by atoms with Gasteiger partial charge in [-0.2, -0.15) is 5.10 Å². The molecule has 0 aliphatic heterocycles. The predicted octanol–water partition coefficient (Wildman–Crippen LogP) is 5.55. The zero-order chi connectivity index (χ0) is 19.1. The SMILES string of the molecule is Br.C=CCn1c(-c2ccc([N+](=O)[O-])cc2)cs\c1=N/N=C/C=C/c1cccs1. The molecule has 9 heteroatoms. The van der Waals surface area contributed by atoms with E-state index in [1.807, 2.05) is 39.6 Å². The van der Waals surface area contributed by atoms with E-state index in [0.717, 1.165) is 20.9 Å². The molecule has 0 saturated heterocycles. The molecule has 6 nitrogen and oxygen atoms in total. The lowest BCUT2D eigenvalue weighted by Gasteiger charge is -2.05. The summed E-state index contributed by atoms with van der Waals surface area (Å²) in [6, 6.07) is 10.5. The lowest BCUT2D eigenvalue weighted by molar-refractivity contribution is -0.384. The summed E-state index contributed by atoms with van der Waals surface area (Å²) in [7, 11) is 0. The van der Waals surface area contributed by atoms with Crippen LogP contribution in [0.25, 0.3) is 17.3 Å². The smallest absolute Gasteiger partial charge is 0.269 e. The van der Waals surface area contributed by atoms with Crippen molar-refractivity contribution in [3.63, 3.8) is 0 Å². The van der Waals surface area contributed by atoms with E-state index >= 15 is 0 Å². The monoisotopic (exact) mass is 476 g/mol. The van der Waals surface area contributed by atoms with E-state index in [1.165, 1.54) is 23.5 Å². The van der Waals surface area contributed by atoms with Crippen molar-refractivity contribution < 1.29 is 4.92 Å². The number of aromatic nitrogens is 1. The molecule has 2 heterocycles. The van der Waals surface area contributed by atoms with Gasteiger partial charge in [0.05, 0.1) is 10.6 Å². The van der Waals surface area contributed by atoms with Crippen LogP contribution in [0.3, 0.4) is 0 Å². The maximum absolute atomic E-state index is 10.8. The number of thiophene rings is 1. The molecule has 0 N–H and O–H groups in total. The molecule has 144 valence electrons. The Morgan fingerprint density at radius 2 is 2.00 bits per heavy atom. The van der Waals surface area contributed by atoms with Crippen molar-refractivity contribution in [3.05, 3.63) is 85.7 Å². The molecule has 28 heavy (non-hydrogen) atoms. The molecule has 0 atom stereocenters. The fraction of sp³-hybridized carbons (Fsp3) is 0.0526. The molecular formula is C19H17BrN4O2S2. The van der Waals surface area contributed by atoms with Crippen LogP contribution in [0.2, 0.25) is 0 Å². The molecule has 1 aromatic carbocycles. The van der Waals surface area contributed by atoms with Gasteiger partial charge in [0, 0.05) is 35.1 Å². The van der Waals surface area contributed by atoms with Crippen molar-refractivity contribution in [3.8, 4) is 11.3 Å². The van der Waals surface area contributed by atoms with Crippen LogP contribution in [-0.2, 0) is 6.54 Å². The van der Waals surface area contributed by atoms with Crippen LogP contribution in [0, 0.1) is 10.1 Å². The highest BCUT2D eigenvalue weighted by Crippen LogP contribution is 2.23. The molecule has 0 unspecified atom stereocenters. The molecule has 3 aromatic rings. The third-order valence-electron chi connectivity index (χ3n) is 3.58. The largest absolute Gasteiger partial charge is 0.311 e. The lowest BCUT2D eigenvalue weighted by Crippen LogP contribution is -2.14. The summed E-state index contributed by atoms with van der Waals surface area (Å²) >= 11 is 3.11. The summed E-state index contributed by atoms with van der Waals surface area (Å²) in [5.74, 6) is 0. The molecule has 0 saturated carbocycles. The first-order valence-corrected chi connectivity index (χ1v) is 9.76. The zero-order valence-electron chi connectivity index (χ0n) is 14.7. The van der Waals surface area contributed by atoms with Gasteiger partial charge in [-0.05, 0) is 41.3 Å². The summed E-state index contributed by atoms with van der Waals surface area (Å²) in [6.45, 7) is 4.36. The zero-order valence-corrected chi connectivity index (χ0v) is 18.0. The average molecular weight is 477 g/mol. The van der Waals surface area contributed by atoms with Gasteiger partial charge in [0.25, 0.3) is 5.69 Å². The topological polar surface area (TPSA) is 72.8 Å². The third kappa shape index (κ3) is 5.44. The second kappa shape index (κ2) is 10.6. The summed E-state index contributed by atoms with van der Waals surface area (Å²) in [5.41, 5.74) is 1.86. The molecule has 3 rings (SSSR count). The van der Waals surface area contributed by atoms with Gasteiger partial charge in [-0.3, -0.25) is 10.1 Å². The molecule has 0 fully saturated rings. The minimum atomic E-state index is -0.408. The Kier molecular flexibility index (Phi) is 8.24. The highest BCUT2D eigenvalue weighted by atomic mass is 79.9. The Bertz CT molecular complexity index is 1050. The van der Waals surface area contributed by atoms with E-state index in [2.05, 4.69) is 16.8 Å². The van der Waals surface area contributed by atoms with E-state index in [9.17, 15) is 10.1 Å². The number of nitro groups is 1. The van der Waals surface area contributed by atoms with Gasteiger partial charge in [0.1, 0.15) is 0 Å². The van der Waals surface area contributed by atoms with Crippen LogP contribution in [0.1, 0.15) is 4.88 Å². The minimum Gasteiger partial charge on any atom is -0.311 e. The number of non-ortho nitro benzene ring substituents is 1. The van der Waals surface area contributed by atoms with Gasteiger partial charge >= 0.3 is 0 Å². The summed E-state index contributed by atoms with van der Waals surface area (Å²) < 4.78 is 1.97. The van der Waals surface area contributed by atoms with Crippen molar-refractivity contribution in [2.45, 2.75) is 6.54 Å². The second-order valence-corrected chi connectivity index (χ2v) is 7.16. The second-order valence-electron chi connectivity index (χ2n) is 5.35. The Hall–Kier alpha value is -2.62.